The van der Waals surface area contributed by atoms with Crippen LogP contribution >= 0.6 is 0 Å². The van der Waals surface area contributed by atoms with E-state index in [1.807, 2.05) is 0 Å². The van der Waals surface area contributed by atoms with E-state index in [0.29, 0.717) is 6.42 Å². The summed E-state index contributed by atoms with van der Waals surface area (Å²) < 4.78 is 4.52. The first-order chi connectivity index (χ1) is 7.16. The molecule has 1 saturated heterocycles. The van der Waals surface area contributed by atoms with Crippen LogP contribution < -0.4 is 0 Å². The van der Waals surface area contributed by atoms with Crippen molar-refractivity contribution in [2.75, 3.05) is 6.61 Å². The molecular weight excluding hydrogens is 196 g/mol. The van der Waals surface area contributed by atoms with E-state index >= 15 is 0 Å². The molecule has 0 aliphatic carbocycles. The van der Waals surface area contributed by atoms with Gasteiger partial charge in [0.05, 0.1) is 0 Å². The van der Waals surface area contributed by atoms with E-state index in [0.717, 1.165) is 25.7 Å². The van der Waals surface area contributed by atoms with Crippen molar-refractivity contribution in [1.29, 1.82) is 0 Å². The normalized spacial score (nSPS) is 19.3. The van der Waals surface area contributed by atoms with Crippen LogP contribution in [0.1, 0.15) is 39.0 Å². The van der Waals surface area contributed by atoms with Crippen LogP contribution in [0.2, 0.25) is 0 Å². The predicted molar refractivity (Wildman–Crippen MR) is 54.4 cm³/mol. The number of hydrogen-bond acceptors (Lipinski definition) is 4. The number of carbonyl (C=O) groups excluding carboxylic acids is 2. The van der Waals surface area contributed by atoms with Gasteiger partial charge in [-0.1, -0.05) is 26.2 Å². The average molecular weight is 212 g/mol. The summed E-state index contributed by atoms with van der Waals surface area (Å²) in [6.07, 6.45) is 4.39. The van der Waals surface area contributed by atoms with E-state index in [4.69, 9.17) is 0 Å². The van der Waals surface area contributed by atoms with Gasteiger partial charge in [-0.25, -0.2) is 4.79 Å². The molecule has 1 fully saturated rings. The first-order valence-corrected chi connectivity index (χ1v) is 5.29. The van der Waals surface area contributed by atoms with Crippen LogP contribution in [0, 0.1) is 0 Å². The minimum Gasteiger partial charge on any atom is -0.511 e. The second-order valence-corrected chi connectivity index (χ2v) is 3.63. The molecule has 15 heavy (non-hydrogen) atoms. The lowest BCUT2D eigenvalue weighted by atomic mass is 10.1. The monoisotopic (exact) mass is 212 g/mol. The Kier molecular flexibility index (Phi) is 4.34. The van der Waals surface area contributed by atoms with Gasteiger partial charge in [0.15, 0.2) is 6.61 Å². The zero-order valence-corrected chi connectivity index (χ0v) is 8.91. The van der Waals surface area contributed by atoms with Crippen molar-refractivity contribution in [2.45, 2.75) is 39.0 Å². The van der Waals surface area contributed by atoms with Gasteiger partial charge in [0.1, 0.15) is 11.3 Å². The number of allylic oxidation sites excluding steroid dienone is 1. The van der Waals surface area contributed by atoms with Gasteiger partial charge in [-0.05, 0) is 6.42 Å². The van der Waals surface area contributed by atoms with E-state index in [9.17, 15) is 14.7 Å². The van der Waals surface area contributed by atoms with Gasteiger partial charge in [0, 0.05) is 6.42 Å². The zero-order valence-electron chi connectivity index (χ0n) is 8.91. The second kappa shape index (κ2) is 5.53. The lowest BCUT2D eigenvalue weighted by Crippen LogP contribution is -2.05. The van der Waals surface area contributed by atoms with E-state index < -0.39 is 11.8 Å². The third kappa shape index (κ3) is 3.08. The summed E-state index contributed by atoms with van der Waals surface area (Å²) in [4.78, 5) is 22.2. The van der Waals surface area contributed by atoms with Gasteiger partial charge < -0.3 is 9.84 Å². The first-order valence-electron chi connectivity index (χ1n) is 5.29. The second-order valence-electron chi connectivity index (χ2n) is 3.63. The smallest absolute Gasteiger partial charge is 0.345 e. The molecule has 0 atom stereocenters. The Bertz CT molecular complexity index is 273. The Morgan fingerprint density at radius 2 is 2.07 bits per heavy atom. The quantitative estimate of drug-likeness (QED) is 0.248. The van der Waals surface area contributed by atoms with E-state index in [2.05, 4.69) is 11.7 Å². The maximum atomic E-state index is 11.2. The van der Waals surface area contributed by atoms with Crippen LogP contribution in [0.4, 0.5) is 0 Å². The van der Waals surface area contributed by atoms with Crippen molar-refractivity contribution in [1.82, 2.24) is 0 Å². The number of cyclic esters (lactones) is 1. The molecule has 0 aromatic rings. The number of ketones is 1. The summed E-state index contributed by atoms with van der Waals surface area (Å²) in [5.74, 6) is -1.21. The molecule has 0 spiro atoms. The molecule has 1 N–H and O–H groups in total. The van der Waals surface area contributed by atoms with Crippen LogP contribution in [0.15, 0.2) is 11.3 Å². The molecule has 1 aliphatic rings. The van der Waals surface area contributed by atoms with E-state index in [1.54, 1.807) is 0 Å². The summed E-state index contributed by atoms with van der Waals surface area (Å²) >= 11 is 0. The largest absolute Gasteiger partial charge is 0.511 e. The molecule has 1 heterocycles. The predicted octanol–water partition coefficient (Wildman–Crippen LogP) is 1.89. The first kappa shape index (κ1) is 11.8. The fourth-order valence-corrected chi connectivity index (χ4v) is 1.51. The van der Waals surface area contributed by atoms with Gasteiger partial charge in [0.25, 0.3) is 0 Å². The van der Waals surface area contributed by atoms with Crippen LogP contribution in [0.3, 0.4) is 0 Å². The molecule has 0 bridgehead atoms. The van der Waals surface area contributed by atoms with E-state index in [1.165, 1.54) is 0 Å². The molecule has 0 aromatic heterocycles. The number of hydrogen-bond donors (Lipinski definition) is 1. The highest BCUT2D eigenvalue weighted by molar-refractivity contribution is 6.22. The van der Waals surface area contributed by atoms with Gasteiger partial charge in [0.2, 0.25) is 5.78 Å². The Balaban J connectivity index is 2.49. The fourth-order valence-electron chi connectivity index (χ4n) is 1.51. The maximum absolute atomic E-state index is 11.2. The molecule has 1 rings (SSSR count). The third-order valence-corrected chi connectivity index (χ3v) is 2.37. The standard InChI is InChI=1S/C11H16O4/c1-2-3-4-5-6-8(12)10-9(13)7-15-11(10)14/h12H,2-7H2,1H3. The highest BCUT2D eigenvalue weighted by atomic mass is 16.5. The summed E-state index contributed by atoms with van der Waals surface area (Å²) in [5, 5.41) is 9.55. The van der Waals surface area contributed by atoms with Crippen molar-refractivity contribution in [3.8, 4) is 0 Å². The molecule has 4 heteroatoms. The topological polar surface area (TPSA) is 63.6 Å². The van der Waals surface area contributed by atoms with Crippen LogP contribution in [-0.4, -0.2) is 23.5 Å². The molecule has 0 saturated carbocycles. The number of aliphatic hydroxyl groups excluding tert-OH is 1. The van der Waals surface area contributed by atoms with Gasteiger partial charge >= 0.3 is 5.97 Å². The third-order valence-electron chi connectivity index (χ3n) is 2.37. The number of ether oxygens (including phenoxy) is 1. The zero-order chi connectivity index (χ0) is 11.3. The number of Topliss-reactive ketones (excluding diaryl/α,β-unsaturated/α-hetero) is 1. The summed E-state index contributed by atoms with van der Waals surface area (Å²) in [5.41, 5.74) is -0.147. The van der Waals surface area contributed by atoms with Crippen LogP contribution in [0.25, 0.3) is 0 Å². The fraction of sp³-hybridized carbons (Fsp3) is 0.636. The number of carbonyl (C=O) groups is 2. The molecule has 0 aromatic carbocycles. The van der Waals surface area contributed by atoms with Crippen LogP contribution in [-0.2, 0) is 14.3 Å². The van der Waals surface area contributed by atoms with Crippen molar-refractivity contribution in [3.05, 3.63) is 11.3 Å². The lowest BCUT2D eigenvalue weighted by Gasteiger charge is -2.01. The van der Waals surface area contributed by atoms with Crippen molar-refractivity contribution >= 4 is 11.8 Å². The number of unbranched alkanes of at least 4 members (excludes halogenated alkanes) is 3. The van der Waals surface area contributed by atoms with Gasteiger partial charge in [-0.2, -0.15) is 0 Å². The summed E-state index contributed by atoms with van der Waals surface area (Å²) in [6, 6.07) is 0. The Morgan fingerprint density at radius 1 is 1.33 bits per heavy atom. The molecular formula is C11H16O4. The number of aliphatic hydroxyl groups is 1. The van der Waals surface area contributed by atoms with Crippen molar-refractivity contribution < 1.29 is 19.4 Å². The Hall–Kier alpha value is -1.32. The number of esters is 1. The molecule has 84 valence electrons. The Morgan fingerprint density at radius 3 is 2.60 bits per heavy atom. The SMILES string of the molecule is CCCCCCC(O)=C1C(=O)COC1=O. The van der Waals surface area contributed by atoms with Crippen molar-refractivity contribution in [3.63, 3.8) is 0 Å². The summed E-state index contributed by atoms with van der Waals surface area (Å²) in [6.45, 7) is 1.86. The van der Waals surface area contributed by atoms with Crippen LogP contribution in [0.5, 0.6) is 0 Å². The Labute approximate surface area is 88.9 Å². The number of rotatable bonds is 5. The highest BCUT2D eigenvalue weighted by Gasteiger charge is 2.31. The molecule has 4 nitrogen and oxygen atoms in total. The molecule has 0 unspecified atom stereocenters. The molecule has 0 amide bonds. The lowest BCUT2D eigenvalue weighted by molar-refractivity contribution is -0.135. The minimum absolute atomic E-state index is 0.112. The molecule has 1 aliphatic heterocycles. The minimum atomic E-state index is -0.687. The molecule has 0 radical (unpaired) electrons. The highest BCUT2D eigenvalue weighted by Crippen LogP contribution is 2.17. The van der Waals surface area contributed by atoms with Gasteiger partial charge in [-0.15, -0.1) is 0 Å². The average Bonchev–Trinajstić information content (AvgIpc) is 2.53. The summed E-state index contributed by atoms with van der Waals surface area (Å²) in [7, 11) is 0. The van der Waals surface area contributed by atoms with E-state index in [-0.39, 0.29) is 17.9 Å². The maximum Gasteiger partial charge on any atom is 0.345 e. The van der Waals surface area contributed by atoms with Crippen molar-refractivity contribution in [2.24, 2.45) is 0 Å². The van der Waals surface area contributed by atoms with Gasteiger partial charge in [-0.3, -0.25) is 4.79 Å².